The summed E-state index contributed by atoms with van der Waals surface area (Å²) in [6.45, 7) is 3.72. The lowest BCUT2D eigenvalue weighted by molar-refractivity contribution is 0.0327. The Bertz CT molecular complexity index is 1210. The summed E-state index contributed by atoms with van der Waals surface area (Å²) in [5.74, 6) is -0.112. The van der Waals surface area contributed by atoms with Crippen molar-refractivity contribution in [1.82, 2.24) is 9.97 Å². The van der Waals surface area contributed by atoms with Crippen LogP contribution in [0.2, 0.25) is 0 Å². The van der Waals surface area contributed by atoms with Crippen molar-refractivity contribution in [2.75, 3.05) is 0 Å². The molecule has 0 bridgehead atoms. The molecule has 5 nitrogen and oxygen atoms in total. The van der Waals surface area contributed by atoms with E-state index in [-0.39, 0.29) is 5.56 Å². The van der Waals surface area contributed by atoms with Gasteiger partial charge < -0.3 is 9.72 Å². The van der Waals surface area contributed by atoms with E-state index in [0.717, 1.165) is 16.7 Å². The Kier molecular flexibility index (Phi) is 4.79. The van der Waals surface area contributed by atoms with E-state index in [2.05, 4.69) is 9.97 Å². The molecular formula is C22H18N2O3S. The normalized spacial score (nSPS) is 12.1. The van der Waals surface area contributed by atoms with Gasteiger partial charge in [0.05, 0.1) is 10.9 Å². The Morgan fingerprint density at radius 3 is 2.64 bits per heavy atom. The number of rotatable bonds is 4. The van der Waals surface area contributed by atoms with Crippen molar-refractivity contribution in [2.24, 2.45) is 0 Å². The van der Waals surface area contributed by atoms with Crippen LogP contribution in [-0.4, -0.2) is 15.9 Å². The first-order chi connectivity index (χ1) is 13.5. The van der Waals surface area contributed by atoms with E-state index in [9.17, 15) is 9.59 Å². The number of aryl methyl sites for hydroxylation is 1. The van der Waals surface area contributed by atoms with Gasteiger partial charge >= 0.3 is 5.97 Å². The van der Waals surface area contributed by atoms with Gasteiger partial charge in [0.25, 0.3) is 5.56 Å². The van der Waals surface area contributed by atoms with E-state index >= 15 is 0 Å². The van der Waals surface area contributed by atoms with Gasteiger partial charge in [-0.25, -0.2) is 9.78 Å². The zero-order valence-electron chi connectivity index (χ0n) is 15.4. The molecule has 2 aromatic carbocycles. The number of esters is 1. The maximum absolute atomic E-state index is 12.8. The third-order valence-electron chi connectivity index (χ3n) is 4.51. The van der Waals surface area contributed by atoms with E-state index in [1.807, 2.05) is 48.7 Å². The number of H-pyrrole nitrogens is 1. The molecule has 0 spiro atoms. The van der Waals surface area contributed by atoms with Crippen molar-refractivity contribution >= 4 is 28.2 Å². The maximum Gasteiger partial charge on any atom is 0.349 e. The number of hydrogen-bond donors (Lipinski definition) is 1. The summed E-state index contributed by atoms with van der Waals surface area (Å²) in [7, 11) is 0. The highest BCUT2D eigenvalue weighted by atomic mass is 32.1. The fourth-order valence-corrected chi connectivity index (χ4v) is 3.79. The highest BCUT2D eigenvalue weighted by Gasteiger charge is 2.21. The Morgan fingerprint density at radius 2 is 1.86 bits per heavy atom. The lowest BCUT2D eigenvalue weighted by Crippen LogP contribution is -2.17. The zero-order chi connectivity index (χ0) is 19.7. The average Bonchev–Trinajstić information content (AvgIpc) is 3.18. The molecule has 2 aromatic heterocycles. The maximum atomic E-state index is 12.8. The number of nitrogens with one attached hydrogen (secondary N) is 1. The number of carbonyl (C=O) groups excluding carboxylic acids is 1. The molecule has 0 unspecified atom stereocenters. The topological polar surface area (TPSA) is 72.0 Å². The molecule has 2 heterocycles. The SMILES string of the molecule is Cc1ccc(-c2ccsc2C(=O)O[C@H](C)c2nc3ccccc3c(=O)[nH]2)cc1. The minimum Gasteiger partial charge on any atom is -0.450 e. The van der Waals surface area contributed by atoms with Crippen LogP contribution in [0.4, 0.5) is 0 Å². The van der Waals surface area contributed by atoms with Crippen LogP contribution in [0.25, 0.3) is 22.0 Å². The number of benzene rings is 2. The van der Waals surface area contributed by atoms with Gasteiger partial charge in [-0.15, -0.1) is 11.3 Å². The Hall–Kier alpha value is -3.25. The van der Waals surface area contributed by atoms with Gasteiger partial charge in [0.1, 0.15) is 4.88 Å². The van der Waals surface area contributed by atoms with E-state index in [0.29, 0.717) is 21.6 Å². The number of thiophene rings is 1. The van der Waals surface area contributed by atoms with Gasteiger partial charge in [0.2, 0.25) is 0 Å². The number of aromatic amines is 1. The number of aromatic nitrogens is 2. The van der Waals surface area contributed by atoms with E-state index in [4.69, 9.17) is 4.74 Å². The first kappa shape index (κ1) is 18.1. The molecule has 6 heteroatoms. The highest BCUT2D eigenvalue weighted by Crippen LogP contribution is 2.30. The Labute approximate surface area is 165 Å². The lowest BCUT2D eigenvalue weighted by Gasteiger charge is -2.13. The molecule has 0 aliphatic heterocycles. The number of fused-ring (bicyclic) bond motifs is 1. The summed E-state index contributed by atoms with van der Waals surface area (Å²) in [5.41, 5.74) is 3.27. The third kappa shape index (κ3) is 3.46. The molecule has 140 valence electrons. The zero-order valence-corrected chi connectivity index (χ0v) is 16.2. The number of carbonyl (C=O) groups is 1. The standard InChI is InChI=1S/C22H18N2O3S/c1-13-7-9-15(10-8-13)16-11-12-28-19(16)22(26)27-14(2)20-23-18-6-4-3-5-17(18)21(25)24-20/h3-12,14H,1-2H3,(H,23,24,25)/t14-/m1/s1. The minimum absolute atomic E-state index is 0.250. The molecule has 1 N–H and O–H groups in total. The van der Waals surface area contributed by atoms with E-state index in [1.54, 1.807) is 25.1 Å². The van der Waals surface area contributed by atoms with Crippen LogP contribution in [0, 0.1) is 6.92 Å². The fourth-order valence-electron chi connectivity index (χ4n) is 2.99. The second kappa shape index (κ2) is 7.40. The van der Waals surface area contributed by atoms with Gasteiger partial charge in [-0.1, -0.05) is 42.0 Å². The van der Waals surface area contributed by atoms with Crippen LogP contribution in [0.15, 0.2) is 64.8 Å². The molecule has 0 saturated heterocycles. The van der Waals surface area contributed by atoms with E-state index in [1.165, 1.54) is 11.3 Å². The molecule has 4 aromatic rings. The summed E-state index contributed by atoms with van der Waals surface area (Å²) in [4.78, 5) is 32.7. The first-order valence-electron chi connectivity index (χ1n) is 8.87. The van der Waals surface area contributed by atoms with Crippen molar-refractivity contribution in [3.63, 3.8) is 0 Å². The van der Waals surface area contributed by atoms with Gasteiger partial charge in [0, 0.05) is 5.56 Å². The Morgan fingerprint density at radius 1 is 1.11 bits per heavy atom. The van der Waals surface area contributed by atoms with Gasteiger partial charge in [0.15, 0.2) is 11.9 Å². The van der Waals surface area contributed by atoms with Crippen molar-refractivity contribution < 1.29 is 9.53 Å². The second-order valence-electron chi connectivity index (χ2n) is 6.55. The molecule has 0 radical (unpaired) electrons. The number of para-hydroxylation sites is 1. The second-order valence-corrected chi connectivity index (χ2v) is 7.46. The smallest absolute Gasteiger partial charge is 0.349 e. The van der Waals surface area contributed by atoms with Crippen LogP contribution in [0.5, 0.6) is 0 Å². The molecule has 0 amide bonds. The first-order valence-corrected chi connectivity index (χ1v) is 9.75. The van der Waals surface area contributed by atoms with Crippen molar-refractivity contribution in [1.29, 1.82) is 0 Å². The monoisotopic (exact) mass is 390 g/mol. The summed E-state index contributed by atoms with van der Waals surface area (Å²) in [6, 6.07) is 17.0. The molecule has 0 aliphatic carbocycles. The van der Waals surface area contributed by atoms with Crippen molar-refractivity contribution in [2.45, 2.75) is 20.0 Å². The summed E-state index contributed by atoms with van der Waals surface area (Å²) in [5, 5.41) is 2.37. The van der Waals surface area contributed by atoms with Crippen molar-refractivity contribution in [3.8, 4) is 11.1 Å². The summed E-state index contributed by atoms with van der Waals surface area (Å²) in [6.07, 6.45) is -0.683. The van der Waals surface area contributed by atoms with Crippen LogP contribution < -0.4 is 5.56 Å². The van der Waals surface area contributed by atoms with Crippen LogP contribution in [0.1, 0.15) is 34.1 Å². The average molecular weight is 390 g/mol. The Balaban J connectivity index is 1.60. The van der Waals surface area contributed by atoms with E-state index < -0.39 is 12.1 Å². The predicted molar refractivity (Wildman–Crippen MR) is 111 cm³/mol. The quantitative estimate of drug-likeness (QED) is 0.504. The minimum atomic E-state index is -0.683. The lowest BCUT2D eigenvalue weighted by atomic mass is 10.1. The largest absolute Gasteiger partial charge is 0.450 e. The van der Waals surface area contributed by atoms with Gasteiger partial charge in [-0.05, 0) is 43.0 Å². The van der Waals surface area contributed by atoms with Crippen LogP contribution in [-0.2, 0) is 4.74 Å². The third-order valence-corrected chi connectivity index (χ3v) is 5.41. The van der Waals surface area contributed by atoms with Crippen LogP contribution in [0.3, 0.4) is 0 Å². The summed E-state index contributed by atoms with van der Waals surface area (Å²) < 4.78 is 5.61. The fraction of sp³-hybridized carbons (Fsp3) is 0.136. The number of hydrogen-bond acceptors (Lipinski definition) is 5. The molecule has 28 heavy (non-hydrogen) atoms. The number of nitrogens with zero attached hydrogens (tertiary/aromatic N) is 1. The molecule has 0 fully saturated rings. The van der Waals surface area contributed by atoms with Gasteiger partial charge in [-0.2, -0.15) is 0 Å². The molecule has 0 saturated carbocycles. The molecular weight excluding hydrogens is 372 g/mol. The molecule has 0 aliphatic rings. The predicted octanol–water partition coefficient (Wildman–Crippen LogP) is 4.88. The van der Waals surface area contributed by atoms with Crippen molar-refractivity contribution in [3.05, 3.63) is 86.6 Å². The van der Waals surface area contributed by atoms with Crippen LogP contribution >= 0.6 is 11.3 Å². The summed E-state index contributed by atoms with van der Waals surface area (Å²) >= 11 is 1.33. The number of ether oxygens (including phenoxy) is 1. The molecule has 1 atom stereocenters. The molecule has 4 rings (SSSR count). The highest BCUT2D eigenvalue weighted by molar-refractivity contribution is 7.12. The van der Waals surface area contributed by atoms with Gasteiger partial charge in [-0.3, -0.25) is 4.79 Å².